The highest BCUT2D eigenvalue weighted by atomic mass is 16.3. The fraction of sp³-hybridized carbons (Fsp3) is 0.917. The Balaban J connectivity index is 3.40. The molecule has 0 bridgehead atoms. The monoisotopic (exact) mass is 200 g/mol. The molecule has 0 saturated heterocycles. The number of aliphatic hydroxyl groups excluding tert-OH is 1. The average Bonchev–Trinajstić information content (AvgIpc) is 2.15. The summed E-state index contributed by atoms with van der Waals surface area (Å²) in [6, 6.07) is 0. The second kappa shape index (κ2) is 9.20. The molecule has 0 heterocycles. The van der Waals surface area contributed by atoms with E-state index in [-0.39, 0.29) is 5.78 Å². The van der Waals surface area contributed by atoms with Crippen LogP contribution in [0, 0.1) is 0 Å². The van der Waals surface area contributed by atoms with Gasteiger partial charge in [0.25, 0.3) is 0 Å². The van der Waals surface area contributed by atoms with Crippen molar-refractivity contribution in [2.45, 2.75) is 71.3 Å². The molecule has 0 radical (unpaired) electrons. The molecule has 1 N–H and O–H groups in total. The molecule has 84 valence electrons. The fourth-order valence-electron chi connectivity index (χ4n) is 1.47. The Labute approximate surface area is 87.7 Å². The van der Waals surface area contributed by atoms with Crippen molar-refractivity contribution in [1.29, 1.82) is 0 Å². The van der Waals surface area contributed by atoms with Gasteiger partial charge in [-0.1, -0.05) is 39.5 Å². The van der Waals surface area contributed by atoms with Crippen LogP contribution < -0.4 is 0 Å². The Kier molecular flexibility index (Phi) is 8.95. The van der Waals surface area contributed by atoms with Gasteiger partial charge in [-0.15, -0.1) is 0 Å². The molecule has 2 heteroatoms. The van der Waals surface area contributed by atoms with Crippen LogP contribution in [0.1, 0.15) is 65.2 Å². The third-order valence-electron chi connectivity index (χ3n) is 2.41. The molecule has 0 aromatic carbocycles. The lowest BCUT2D eigenvalue weighted by Crippen LogP contribution is -2.13. The molecule has 0 aromatic heterocycles. The van der Waals surface area contributed by atoms with Crippen LogP contribution in [0.15, 0.2) is 0 Å². The van der Waals surface area contributed by atoms with Crippen molar-refractivity contribution < 1.29 is 9.90 Å². The van der Waals surface area contributed by atoms with Crippen molar-refractivity contribution in [2.75, 3.05) is 0 Å². The summed E-state index contributed by atoms with van der Waals surface area (Å²) in [6.45, 7) is 4.21. The van der Waals surface area contributed by atoms with Gasteiger partial charge in [0.1, 0.15) is 5.78 Å². The van der Waals surface area contributed by atoms with Gasteiger partial charge in [0.15, 0.2) is 0 Å². The second-order valence-corrected chi connectivity index (χ2v) is 4.00. The first-order chi connectivity index (χ1) is 6.70. The van der Waals surface area contributed by atoms with Crippen molar-refractivity contribution in [3.8, 4) is 0 Å². The van der Waals surface area contributed by atoms with E-state index in [1.807, 2.05) is 0 Å². The molecule has 0 spiro atoms. The van der Waals surface area contributed by atoms with Crippen LogP contribution in [0.5, 0.6) is 0 Å². The standard InChI is InChI=1S/C12H24O2/c1-3-5-7-9-12(14)10-11(13)8-6-4-2/h12,14H,3-10H2,1-2H3. The normalized spacial score (nSPS) is 12.8. The van der Waals surface area contributed by atoms with Crippen LogP contribution >= 0.6 is 0 Å². The predicted octanol–water partition coefficient (Wildman–Crippen LogP) is 3.08. The summed E-state index contributed by atoms with van der Waals surface area (Å²) in [5.41, 5.74) is 0. The van der Waals surface area contributed by atoms with E-state index in [0.717, 1.165) is 38.5 Å². The van der Waals surface area contributed by atoms with E-state index in [4.69, 9.17) is 0 Å². The maximum absolute atomic E-state index is 11.3. The van der Waals surface area contributed by atoms with E-state index >= 15 is 0 Å². The number of Topliss-reactive ketones (excluding diaryl/α,β-unsaturated/α-hetero) is 1. The van der Waals surface area contributed by atoms with Crippen LogP contribution in [0.2, 0.25) is 0 Å². The van der Waals surface area contributed by atoms with Crippen LogP contribution in [0.4, 0.5) is 0 Å². The molecule has 0 aliphatic heterocycles. The fourth-order valence-corrected chi connectivity index (χ4v) is 1.47. The predicted molar refractivity (Wildman–Crippen MR) is 59.3 cm³/mol. The summed E-state index contributed by atoms with van der Waals surface area (Å²) in [6.07, 6.45) is 6.76. The van der Waals surface area contributed by atoms with Crippen LogP contribution in [-0.2, 0) is 4.79 Å². The summed E-state index contributed by atoms with van der Waals surface area (Å²) in [5, 5.41) is 9.52. The number of carbonyl (C=O) groups excluding carboxylic acids is 1. The zero-order chi connectivity index (χ0) is 10.8. The van der Waals surface area contributed by atoms with Gasteiger partial charge in [-0.2, -0.15) is 0 Å². The van der Waals surface area contributed by atoms with Gasteiger partial charge in [-0.05, 0) is 12.8 Å². The summed E-state index contributed by atoms with van der Waals surface area (Å²) in [7, 11) is 0. The third-order valence-corrected chi connectivity index (χ3v) is 2.41. The zero-order valence-corrected chi connectivity index (χ0v) is 9.59. The molecule has 1 atom stereocenters. The maximum atomic E-state index is 11.3. The van der Waals surface area contributed by atoms with E-state index in [1.54, 1.807) is 0 Å². The van der Waals surface area contributed by atoms with Crippen LogP contribution in [0.3, 0.4) is 0 Å². The molecular formula is C12H24O2. The number of ketones is 1. The molecule has 2 nitrogen and oxygen atoms in total. The van der Waals surface area contributed by atoms with E-state index in [2.05, 4.69) is 13.8 Å². The molecule has 0 rings (SSSR count). The third kappa shape index (κ3) is 8.24. The lowest BCUT2D eigenvalue weighted by atomic mass is 10.0. The van der Waals surface area contributed by atoms with Crippen molar-refractivity contribution in [3.05, 3.63) is 0 Å². The Morgan fingerprint density at radius 2 is 1.79 bits per heavy atom. The molecule has 0 fully saturated rings. The van der Waals surface area contributed by atoms with Gasteiger partial charge in [0, 0.05) is 12.8 Å². The Morgan fingerprint density at radius 3 is 2.36 bits per heavy atom. The van der Waals surface area contributed by atoms with E-state index in [9.17, 15) is 9.90 Å². The highest BCUT2D eigenvalue weighted by Gasteiger charge is 2.09. The Hall–Kier alpha value is -0.370. The molecule has 0 amide bonds. The molecule has 0 aromatic rings. The minimum atomic E-state index is -0.397. The SMILES string of the molecule is CCCCCC(O)CC(=O)CCCC. The van der Waals surface area contributed by atoms with Gasteiger partial charge in [-0.3, -0.25) is 4.79 Å². The van der Waals surface area contributed by atoms with Gasteiger partial charge in [-0.25, -0.2) is 0 Å². The summed E-state index contributed by atoms with van der Waals surface area (Å²) in [4.78, 5) is 11.3. The quantitative estimate of drug-likeness (QED) is 0.581. The molecule has 14 heavy (non-hydrogen) atoms. The van der Waals surface area contributed by atoms with Crippen molar-refractivity contribution in [1.82, 2.24) is 0 Å². The number of hydrogen-bond acceptors (Lipinski definition) is 2. The molecule has 1 unspecified atom stereocenters. The molecule has 0 saturated carbocycles. The van der Waals surface area contributed by atoms with E-state index < -0.39 is 6.10 Å². The van der Waals surface area contributed by atoms with Gasteiger partial charge in [0.2, 0.25) is 0 Å². The maximum Gasteiger partial charge on any atom is 0.135 e. The number of unbranched alkanes of at least 4 members (excludes halogenated alkanes) is 3. The zero-order valence-electron chi connectivity index (χ0n) is 9.59. The minimum Gasteiger partial charge on any atom is -0.393 e. The lowest BCUT2D eigenvalue weighted by molar-refractivity contribution is -0.121. The highest BCUT2D eigenvalue weighted by Crippen LogP contribution is 2.08. The van der Waals surface area contributed by atoms with Gasteiger partial charge < -0.3 is 5.11 Å². The topological polar surface area (TPSA) is 37.3 Å². The number of aliphatic hydroxyl groups is 1. The van der Waals surface area contributed by atoms with Crippen LogP contribution in [0.25, 0.3) is 0 Å². The molecule has 0 aliphatic rings. The van der Waals surface area contributed by atoms with Crippen LogP contribution in [-0.4, -0.2) is 17.0 Å². The number of rotatable bonds is 9. The second-order valence-electron chi connectivity index (χ2n) is 4.00. The smallest absolute Gasteiger partial charge is 0.135 e. The molecule has 0 aliphatic carbocycles. The largest absolute Gasteiger partial charge is 0.393 e. The lowest BCUT2D eigenvalue weighted by Gasteiger charge is -2.08. The van der Waals surface area contributed by atoms with Crippen molar-refractivity contribution in [3.63, 3.8) is 0 Å². The molecular weight excluding hydrogens is 176 g/mol. The Morgan fingerprint density at radius 1 is 1.14 bits per heavy atom. The summed E-state index contributed by atoms with van der Waals surface area (Å²) >= 11 is 0. The summed E-state index contributed by atoms with van der Waals surface area (Å²) in [5.74, 6) is 0.218. The summed E-state index contributed by atoms with van der Waals surface area (Å²) < 4.78 is 0. The first-order valence-corrected chi connectivity index (χ1v) is 5.90. The highest BCUT2D eigenvalue weighted by molar-refractivity contribution is 5.78. The minimum absolute atomic E-state index is 0.218. The van der Waals surface area contributed by atoms with E-state index in [0.29, 0.717) is 12.8 Å². The number of carbonyl (C=O) groups is 1. The van der Waals surface area contributed by atoms with Gasteiger partial charge in [0.05, 0.1) is 6.10 Å². The van der Waals surface area contributed by atoms with Gasteiger partial charge >= 0.3 is 0 Å². The van der Waals surface area contributed by atoms with E-state index in [1.165, 1.54) is 0 Å². The average molecular weight is 200 g/mol. The van der Waals surface area contributed by atoms with Crippen molar-refractivity contribution >= 4 is 5.78 Å². The number of hydrogen-bond donors (Lipinski definition) is 1. The first-order valence-electron chi connectivity index (χ1n) is 5.90. The first kappa shape index (κ1) is 13.6. The Bertz CT molecular complexity index is 143. The van der Waals surface area contributed by atoms with Crippen molar-refractivity contribution in [2.24, 2.45) is 0 Å².